The van der Waals surface area contributed by atoms with Crippen LogP contribution in [0.2, 0.25) is 0 Å². The Morgan fingerprint density at radius 3 is 2.38 bits per heavy atom. The topological polar surface area (TPSA) is 36.0 Å². The van der Waals surface area contributed by atoms with Crippen molar-refractivity contribution in [3.8, 4) is 0 Å². The fourth-order valence-electron chi connectivity index (χ4n) is 5.60. The van der Waals surface area contributed by atoms with Crippen LogP contribution in [0.5, 0.6) is 0 Å². The molecule has 4 rings (SSSR count). The van der Waals surface area contributed by atoms with E-state index in [2.05, 4.69) is 34.1 Å². The molecule has 1 aromatic carbocycles. The maximum Gasteiger partial charge on any atom is 0.226 e. The van der Waals surface area contributed by atoms with Crippen molar-refractivity contribution in [3.63, 3.8) is 0 Å². The monoisotopic (exact) mass is 399 g/mol. The van der Waals surface area contributed by atoms with Crippen LogP contribution in [-0.4, -0.2) is 86.2 Å². The molecule has 3 aliphatic rings. The third-order valence-electron chi connectivity index (χ3n) is 7.37. The summed E-state index contributed by atoms with van der Waals surface area (Å²) >= 11 is 0. The Morgan fingerprint density at radius 1 is 1.03 bits per heavy atom. The summed E-state index contributed by atoms with van der Waals surface area (Å²) in [4.78, 5) is 20.0. The number of piperidine rings is 2. The highest BCUT2D eigenvalue weighted by molar-refractivity contribution is 5.78. The van der Waals surface area contributed by atoms with Crippen molar-refractivity contribution in [1.82, 2.24) is 14.7 Å². The molecule has 1 atom stereocenters. The van der Waals surface area contributed by atoms with Crippen LogP contribution in [0.25, 0.3) is 0 Å². The fraction of sp³-hybridized carbons (Fsp3) is 0.708. The van der Waals surface area contributed by atoms with Gasteiger partial charge in [0.1, 0.15) is 0 Å². The van der Waals surface area contributed by atoms with Crippen molar-refractivity contribution < 1.29 is 9.53 Å². The predicted molar refractivity (Wildman–Crippen MR) is 116 cm³/mol. The number of nitrogens with zero attached hydrogens (tertiary/aromatic N) is 3. The second kappa shape index (κ2) is 9.59. The number of likely N-dealkylation sites (tertiary alicyclic amines) is 2. The van der Waals surface area contributed by atoms with E-state index in [-0.39, 0.29) is 5.92 Å². The van der Waals surface area contributed by atoms with Gasteiger partial charge in [-0.1, -0.05) is 24.3 Å². The summed E-state index contributed by atoms with van der Waals surface area (Å²) in [5.74, 6) is 0.459. The third-order valence-corrected chi connectivity index (χ3v) is 7.37. The number of rotatable bonds is 6. The Bertz CT molecular complexity index is 661. The zero-order chi connectivity index (χ0) is 20.2. The van der Waals surface area contributed by atoms with Gasteiger partial charge in [0.05, 0.1) is 12.5 Å². The number of ether oxygens (including phenoxy) is 1. The van der Waals surface area contributed by atoms with E-state index in [0.717, 1.165) is 25.9 Å². The van der Waals surface area contributed by atoms with Crippen molar-refractivity contribution in [1.29, 1.82) is 0 Å². The lowest BCUT2D eigenvalue weighted by Gasteiger charge is -2.43. The lowest BCUT2D eigenvalue weighted by molar-refractivity contribution is -0.137. The van der Waals surface area contributed by atoms with E-state index in [4.69, 9.17) is 4.74 Å². The molecule has 0 unspecified atom stereocenters. The van der Waals surface area contributed by atoms with Crippen molar-refractivity contribution in [2.75, 3.05) is 53.5 Å². The average Bonchev–Trinajstić information content (AvgIpc) is 3.21. The van der Waals surface area contributed by atoms with E-state index in [0.29, 0.717) is 31.1 Å². The quantitative estimate of drug-likeness (QED) is 0.736. The third kappa shape index (κ3) is 4.84. The molecule has 0 spiro atoms. The van der Waals surface area contributed by atoms with Crippen molar-refractivity contribution in [3.05, 3.63) is 35.4 Å². The molecular formula is C24H37N3O2. The second-order valence-corrected chi connectivity index (χ2v) is 9.18. The molecule has 2 saturated heterocycles. The first-order valence-corrected chi connectivity index (χ1v) is 11.4. The zero-order valence-electron chi connectivity index (χ0n) is 18.2. The Balaban J connectivity index is 1.26. The van der Waals surface area contributed by atoms with E-state index < -0.39 is 0 Å². The number of benzene rings is 1. The Hall–Kier alpha value is -1.43. The number of likely N-dealkylation sites (N-methyl/N-ethyl adjacent to an activating group) is 1. The Morgan fingerprint density at radius 2 is 1.72 bits per heavy atom. The van der Waals surface area contributed by atoms with Crippen LogP contribution in [0.3, 0.4) is 0 Å². The standard InChI is InChI=1S/C24H37N3O2/c1-25(14-15-29-2)24(28)21-8-5-11-27(18-21)22-9-12-26(13-10-22)23-16-19-6-3-4-7-20(19)17-23/h3-4,6-7,21-23H,5,8-18H2,1-2H3/t21-/m0/s1. The summed E-state index contributed by atoms with van der Waals surface area (Å²) in [5.41, 5.74) is 3.10. The van der Waals surface area contributed by atoms with Gasteiger partial charge in [0.2, 0.25) is 5.91 Å². The average molecular weight is 400 g/mol. The van der Waals surface area contributed by atoms with Gasteiger partial charge in [-0.2, -0.15) is 0 Å². The predicted octanol–water partition coefficient (Wildman–Crippen LogP) is 2.44. The van der Waals surface area contributed by atoms with Crippen molar-refractivity contribution in [2.24, 2.45) is 5.92 Å². The second-order valence-electron chi connectivity index (χ2n) is 9.18. The number of amides is 1. The largest absolute Gasteiger partial charge is 0.383 e. The summed E-state index contributed by atoms with van der Waals surface area (Å²) in [7, 11) is 3.61. The summed E-state index contributed by atoms with van der Waals surface area (Å²) in [6.45, 7) is 5.80. The Kier molecular flexibility index (Phi) is 6.88. The van der Waals surface area contributed by atoms with Crippen molar-refractivity contribution >= 4 is 5.91 Å². The van der Waals surface area contributed by atoms with Crippen LogP contribution in [0.1, 0.15) is 36.8 Å². The van der Waals surface area contributed by atoms with Gasteiger partial charge in [0.25, 0.3) is 0 Å². The van der Waals surface area contributed by atoms with Gasteiger partial charge in [-0.25, -0.2) is 0 Å². The molecule has 29 heavy (non-hydrogen) atoms. The SMILES string of the molecule is COCCN(C)C(=O)[C@H]1CCCN(C2CCN(C3Cc4ccccc4C3)CC2)C1. The van der Waals surface area contributed by atoms with Gasteiger partial charge in [0, 0.05) is 39.3 Å². The number of fused-ring (bicyclic) bond motifs is 1. The number of carbonyl (C=O) groups excluding carboxylic acids is 1. The molecule has 2 fully saturated rings. The molecular weight excluding hydrogens is 362 g/mol. The van der Waals surface area contributed by atoms with Gasteiger partial charge >= 0.3 is 0 Å². The van der Waals surface area contributed by atoms with Gasteiger partial charge in [-0.15, -0.1) is 0 Å². The summed E-state index contributed by atoms with van der Waals surface area (Å²) in [6, 6.07) is 10.3. The Labute approximate surface area is 176 Å². The minimum atomic E-state index is 0.160. The van der Waals surface area contributed by atoms with Gasteiger partial charge in [0.15, 0.2) is 0 Å². The van der Waals surface area contributed by atoms with Crippen LogP contribution in [-0.2, 0) is 22.4 Å². The molecule has 2 heterocycles. The van der Waals surface area contributed by atoms with E-state index in [1.807, 2.05) is 11.9 Å². The normalized spacial score (nSPS) is 24.6. The summed E-state index contributed by atoms with van der Waals surface area (Å²) < 4.78 is 5.13. The van der Waals surface area contributed by atoms with E-state index in [1.165, 1.54) is 38.8 Å². The summed E-state index contributed by atoms with van der Waals surface area (Å²) in [5, 5.41) is 0. The maximum atomic E-state index is 12.8. The van der Waals surface area contributed by atoms with Crippen LogP contribution >= 0.6 is 0 Å². The van der Waals surface area contributed by atoms with E-state index in [1.54, 1.807) is 18.2 Å². The lowest BCUT2D eigenvalue weighted by Crippen LogP contribution is -2.52. The first-order valence-electron chi connectivity index (χ1n) is 11.4. The zero-order valence-corrected chi connectivity index (χ0v) is 18.2. The molecule has 1 aliphatic carbocycles. The molecule has 1 aromatic rings. The number of carbonyl (C=O) groups is 1. The highest BCUT2D eigenvalue weighted by atomic mass is 16.5. The summed E-state index contributed by atoms with van der Waals surface area (Å²) in [6.07, 6.45) is 7.10. The van der Waals surface area contributed by atoms with E-state index in [9.17, 15) is 4.79 Å². The molecule has 160 valence electrons. The number of methoxy groups -OCH3 is 1. The molecule has 0 bridgehead atoms. The maximum absolute atomic E-state index is 12.8. The lowest BCUT2D eigenvalue weighted by atomic mass is 9.92. The molecule has 5 nitrogen and oxygen atoms in total. The number of hydrogen-bond acceptors (Lipinski definition) is 4. The molecule has 0 saturated carbocycles. The van der Waals surface area contributed by atoms with Crippen molar-refractivity contribution in [2.45, 2.75) is 50.6 Å². The molecule has 0 radical (unpaired) electrons. The van der Waals surface area contributed by atoms with Gasteiger partial charge in [-0.3, -0.25) is 14.6 Å². The molecule has 1 amide bonds. The van der Waals surface area contributed by atoms with Crippen LogP contribution in [0.15, 0.2) is 24.3 Å². The minimum Gasteiger partial charge on any atom is -0.383 e. The van der Waals surface area contributed by atoms with Gasteiger partial charge in [-0.05, 0) is 69.3 Å². The van der Waals surface area contributed by atoms with Crippen LogP contribution in [0, 0.1) is 5.92 Å². The van der Waals surface area contributed by atoms with Crippen LogP contribution in [0.4, 0.5) is 0 Å². The molecule has 5 heteroatoms. The number of hydrogen-bond donors (Lipinski definition) is 0. The smallest absolute Gasteiger partial charge is 0.226 e. The molecule has 0 aromatic heterocycles. The van der Waals surface area contributed by atoms with Gasteiger partial charge < -0.3 is 9.64 Å². The molecule has 2 aliphatic heterocycles. The van der Waals surface area contributed by atoms with Crippen LogP contribution < -0.4 is 0 Å². The first kappa shape index (κ1) is 20.8. The first-order chi connectivity index (χ1) is 14.2. The fourth-order valence-corrected chi connectivity index (χ4v) is 5.60. The van der Waals surface area contributed by atoms with E-state index >= 15 is 0 Å². The molecule has 0 N–H and O–H groups in total. The minimum absolute atomic E-state index is 0.160. The highest BCUT2D eigenvalue weighted by Gasteiger charge is 2.35. The highest BCUT2D eigenvalue weighted by Crippen LogP contribution is 2.30.